The third kappa shape index (κ3) is 5.66. The molecule has 7 nitrogen and oxygen atoms in total. The van der Waals surface area contributed by atoms with Crippen molar-refractivity contribution in [2.45, 2.75) is 27.3 Å². The van der Waals surface area contributed by atoms with E-state index in [2.05, 4.69) is 15.0 Å². The summed E-state index contributed by atoms with van der Waals surface area (Å²) in [6, 6.07) is 17.8. The molecule has 0 saturated heterocycles. The monoisotopic (exact) mass is 527 g/mol. The molecule has 0 radical (unpaired) electrons. The molecule has 0 atom stereocenters. The molecular weight excluding hydrogens is 497 g/mol. The Labute approximate surface area is 226 Å². The number of carbonyl (C=O) groups excluding carboxylic acids is 2. The van der Waals surface area contributed by atoms with Gasteiger partial charge in [0, 0.05) is 24.0 Å². The van der Waals surface area contributed by atoms with Crippen LogP contribution in [0.3, 0.4) is 0 Å². The Hall–Kier alpha value is -4.56. The lowest BCUT2D eigenvalue weighted by Gasteiger charge is -2.18. The van der Waals surface area contributed by atoms with Gasteiger partial charge < -0.3 is 20.5 Å². The summed E-state index contributed by atoms with van der Waals surface area (Å²) in [6.07, 6.45) is 1.30. The fourth-order valence-corrected chi connectivity index (χ4v) is 4.51. The first-order valence-electron chi connectivity index (χ1n) is 12.5. The fraction of sp³-hybridized carbons (Fsp3) is 0.194. The van der Waals surface area contributed by atoms with Gasteiger partial charge in [0.1, 0.15) is 17.3 Å². The van der Waals surface area contributed by atoms with Crippen LogP contribution in [0.25, 0.3) is 22.3 Å². The van der Waals surface area contributed by atoms with E-state index < -0.39 is 17.7 Å². The summed E-state index contributed by atoms with van der Waals surface area (Å²) in [5.74, 6) is -0.898. The van der Waals surface area contributed by atoms with E-state index >= 15 is 0 Å². The van der Waals surface area contributed by atoms with Crippen molar-refractivity contribution in [2.75, 3.05) is 19.0 Å². The van der Waals surface area contributed by atoms with Crippen molar-refractivity contribution in [1.82, 2.24) is 4.98 Å². The van der Waals surface area contributed by atoms with Crippen LogP contribution in [0.15, 0.2) is 66.9 Å². The molecule has 200 valence electrons. The van der Waals surface area contributed by atoms with Gasteiger partial charge in [-0.3, -0.25) is 9.78 Å². The maximum absolute atomic E-state index is 14.9. The van der Waals surface area contributed by atoms with Crippen molar-refractivity contribution in [3.8, 4) is 28.0 Å². The van der Waals surface area contributed by atoms with Crippen LogP contribution in [0.2, 0.25) is 0 Å². The van der Waals surface area contributed by atoms with Crippen LogP contribution >= 0.6 is 0 Å². The van der Waals surface area contributed by atoms with Crippen molar-refractivity contribution < 1.29 is 23.5 Å². The highest BCUT2D eigenvalue weighted by Crippen LogP contribution is 2.37. The number of ether oxygens (including phenoxy) is 2. The van der Waals surface area contributed by atoms with E-state index in [1.165, 1.54) is 31.5 Å². The summed E-state index contributed by atoms with van der Waals surface area (Å²) < 4.78 is 25.2. The van der Waals surface area contributed by atoms with Crippen LogP contribution in [0.5, 0.6) is 5.75 Å². The van der Waals surface area contributed by atoms with Crippen molar-refractivity contribution in [3.63, 3.8) is 0 Å². The lowest BCUT2D eigenvalue weighted by atomic mass is 9.90. The van der Waals surface area contributed by atoms with Gasteiger partial charge in [-0.05, 0) is 84.5 Å². The number of pyridine rings is 1. The molecule has 0 aliphatic heterocycles. The molecule has 0 saturated carbocycles. The highest BCUT2D eigenvalue weighted by atomic mass is 19.1. The fourth-order valence-electron chi connectivity index (χ4n) is 4.51. The van der Waals surface area contributed by atoms with Crippen molar-refractivity contribution >= 4 is 17.6 Å². The average molecular weight is 528 g/mol. The summed E-state index contributed by atoms with van der Waals surface area (Å²) in [6.45, 7) is 6.20. The van der Waals surface area contributed by atoms with E-state index in [1.54, 1.807) is 0 Å². The van der Waals surface area contributed by atoms with Crippen LogP contribution in [0.1, 0.15) is 44.5 Å². The SMILES string of the molecule is CCOc1cc(-c2cccc(-c3cccc(NC(=O)c4ccc(C(=O)OC)cn4)c3C)c2C)cc(F)c1CN. The van der Waals surface area contributed by atoms with Gasteiger partial charge in [-0.1, -0.05) is 30.3 Å². The Morgan fingerprint density at radius 1 is 0.974 bits per heavy atom. The minimum absolute atomic E-state index is 0.0448. The molecule has 4 aromatic rings. The summed E-state index contributed by atoms with van der Waals surface area (Å²) in [5.41, 5.74) is 12.4. The Morgan fingerprint density at radius 3 is 2.31 bits per heavy atom. The number of carbonyl (C=O) groups is 2. The zero-order chi connectivity index (χ0) is 28.1. The topological polar surface area (TPSA) is 104 Å². The molecule has 0 bridgehead atoms. The zero-order valence-corrected chi connectivity index (χ0v) is 22.3. The van der Waals surface area contributed by atoms with Crippen LogP contribution in [0, 0.1) is 19.7 Å². The summed E-state index contributed by atoms with van der Waals surface area (Å²) in [4.78, 5) is 28.6. The minimum Gasteiger partial charge on any atom is -0.493 e. The molecule has 3 aromatic carbocycles. The molecule has 1 amide bonds. The molecule has 8 heteroatoms. The third-order valence-corrected chi connectivity index (χ3v) is 6.59. The number of amides is 1. The van der Waals surface area contributed by atoms with Crippen molar-refractivity contribution in [2.24, 2.45) is 5.73 Å². The highest BCUT2D eigenvalue weighted by molar-refractivity contribution is 6.04. The van der Waals surface area contributed by atoms with Gasteiger partial charge in [-0.15, -0.1) is 0 Å². The van der Waals surface area contributed by atoms with Gasteiger partial charge in [-0.2, -0.15) is 0 Å². The smallest absolute Gasteiger partial charge is 0.339 e. The first-order chi connectivity index (χ1) is 18.8. The van der Waals surface area contributed by atoms with Crippen molar-refractivity contribution in [1.29, 1.82) is 0 Å². The number of nitrogens with two attached hydrogens (primary N) is 1. The quantitative estimate of drug-likeness (QED) is 0.270. The molecule has 3 N–H and O–H groups in total. The molecule has 0 aliphatic carbocycles. The normalized spacial score (nSPS) is 10.7. The predicted octanol–water partition coefficient (Wildman–Crippen LogP) is 6.07. The first kappa shape index (κ1) is 27.5. The molecule has 1 heterocycles. The zero-order valence-electron chi connectivity index (χ0n) is 22.3. The number of nitrogens with zero attached hydrogens (tertiary/aromatic N) is 1. The predicted molar refractivity (Wildman–Crippen MR) is 149 cm³/mol. The van der Waals surface area contributed by atoms with E-state index in [-0.39, 0.29) is 17.8 Å². The largest absolute Gasteiger partial charge is 0.493 e. The first-order valence-corrected chi connectivity index (χ1v) is 12.5. The van der Waals surface area contributed by atoms with Gasteiger partial charge in [0.15, 0.2) is 0 Å². The van der Waals surface area contributed by atoms with Gasteiger partial charge in [0.05, 0.1) is 19.3 Å². The third-order valence-electron chi connectivity index (χ3n) is 6.59. The number of hydrogen-bond acceptors (Lipinski definition) is 6. The second-order valence-corrected chi connectivity index (χ2v) is 8.91. The Morgan fingerprint density at radius 2 is 1.67 bits per heavy atom. The van der Waals surface area contributed by atoms with E-state index in [0.29, 0.717) is 29.2 Å². The number of esters is 1. The highest BCUT2D eigenvalue weighted by Gasteiger charge is 2.17. The molecular formula is C31H30FN3O4. The van der Waals surface area contributed by atoms with Crippen LogP contribution in [-0.4, -0.2) is 30.6 Å². The number of benzene rings is 3. The molecule has 39 heavy (non-hydrogen) atoms. The number of aromatic nitrogens is 1. The molecule has 0 spiro atoms. The Kier molecular flexibility index (Phi) is 8.36. The second-order valence-electron chi connectivity index (χ2n) is 8.91. The van der Waals surface area contributed by atoms with E-state index in [0.717, 1.165) is 27.8 Å². The molecule has 0 fully saturated rings. The van der Waals surface area contributed by atoms with E-state index in [4.69, 9.17) is 10.5 Å². The standard InChI is InChI=1S/C31H30FN3O4/c1-5-39-29-15-21(14-26(32)25(29)16-33)22-8-6-9-23(18(22)2)24-10-7-11-27(19(24)3)35-30(36)28-13-12-20(17-34-28)31(37)38-4/h6-15,17H,5,16,33H2,1-4H3,(H,35,36). The summed E-state index contributed by atoms with van der Waals surface area (Å²) in [7, 11) is 1.28. The Balaban J connectivity index is 1.68. The molecule has 4 rings (SSSR count). The van der Waals surface area contributed by atoms with E-state index in [9.17, 15) is 14.0 Å². The van der Waals surface area contributed by atoms with Gasteiger partial charge >= 0.3 is 5.97 Å². The number of halogens is 1. The second kappa shape index (κ2) is 11.9. The summed E-state index contributed by atoms with van der Waals surface area (Å²) in [5, 5.41) is 2.91. The molecule has 0 aliphatic rings. The number of anilines is 1. The van der Waals surface area contributed by atoms with E-state index in [1.807, 2.05) is 63.2 Å². The lowest BCUT2D eigenvalue weighted by Crippen LogP contribution is -2.15. The minimum atomic E-state index is -0.525. The molecule has 1 aromatic heterocycles. The molecule has 0 unspecified atom stereocenters. The summed E-state index contributed by atoms with van der Waals surface area (Å²) >= 11 is 0. The lowest BCUT2D eigenvalue weighted by molar-refractivity contribution is 0.0600. The maximum Gasteiger partial charge on any atom is 0.339 e. The van der Waals surface area contributed by atoms with Crippen molar-refractivity contribution in [3.05, 3.63) is 101 Å². The number of rotatable bonds is 8. The Bertz CT molecular complexity index is 1530. The number of nitrogens with one attached hydrogen (secondary N) is 1. The van der Waals surface area contributed by atoms with Gasteiger partial charge in [0.2, 0.25) is 0 Å². The maximum atomic E-state index is 14.9. The number of hydrogen-bond donors (Lipinski definition) is 2. The van der Waals surface area contributed by atoms with Gasteiger partial charge in [-0.25, -0.2) is 9.18 Å². The van der Waals surface area contributed by atoms with Crippen LogP contribution in [-0.2, 0) is 11.3 Å². The average Bonchev–Trinajstić information content (AvgIpc) is 2.94. The van der Waals surface area contributed by atoms with Crippen LogP contribution in [0.4, 0.5) is 10.1 Å². The number of methoxy groups -OCH3 is 1. The van der Waals surface area contributed by atoms with Crippen LogP contribution < -0.4 is 15.8 Å². The van der Waals surface area contributed by atoms with Gasteiger partial charge in [0.25, 0.3) is 5.91 Å².